The number of nitrogens with one attached hydrogen (secondary N) is 1. The minimum Gasteiger partial charge on any atom is -0.445 e. The van der Waals surface area contributed by atoms with Gasteiger partial charge in [-0.05, 0) is 50.1 Å². The number of hydrogen-bond acceptors (Lipinski definition) is 7. The van der Waals surface area contributed by atoms with E-state index < -0.39 is 10.0 Å². The fraction of sp³-hybridized carbons (Fsp3) is 0.143. The molecule has 2 aromatic carbocycles. The van der Waals surface area contributed by atoms with Gasteiger partial charge in [-0.25, -0.2) is 18.1 Å². The van der Waals surface area contributed by atoms with Crippen LogP contribution in [0.5, 0.6) is 0 Å². The molecule has 4 aromatic rings. The Morgan fingerprint density at radius 2 is 1.67 bits per heavy atom. The summed E-state index contributed by atoms with van der Waals surface area (Å²) < 4.78 is 39.6. The Bertz CT molecular complexity index is 1310. The van der Waals surface area contributed by atoms with Gasteiger partial charge >= 0.3 is 0 Å². The second kappa shape index (κ2) is 7.34. The molecule has 0 atom stereocenters. The standard InChI is InChI=1S/C21H20N4O4S/c1-12-14(3)24-29-20(12)25-30(26,27)19-13(2)18(22)9-8-17(19)15-4-6-16(7-5-15)21-23-10-11-28-21/h4-11,25H,22H2,1-3H3. The Morgan fingerprint density at radius 1 is 0.967 bits per heavy atom. The lowest BCUT2D eigenvalue weighted by Gasteiger charge is -2.16. The van der Waals surface area contributed by atoms with Gasteiger partial charge in [0.25, 0.3) is 10.0 Å². The van der Waals surface area contributed by atoms with Crippen LogP contribution in [0, 0.1) is 20.8 Å². The predicted octanol–water partition coefficient (Wildman–Crippen LogP) is 4.30. The third-order valence-electron chi connectivity index (χ3n) is 4.98. The Hall–Kier alpha value is -3.59. The molecule has 9 heteroatoms. The summed E-state index contributed by atoms with van der Waals surface area (Å²) >= 11 is 0. The van der Waals surface area contributed by atoms with E-state index in [9.17, 15) is 8.42 Å². The van der Waals surface area contributed by atoms with E-state index in [-0.39, 0.29) is 10.8 Å². The minimum atomic E-state index is -4.00. The summed E-state index contributed by atoms with van der Waals surface area (Å²) in [5.41, 5.74) is 10.1. The molecule has 0 spiro atoms. The third kappa shape index (κ3) is 3.43. The summed E-state index contributed by atoms with van der Waals surface area (Å²) in [5.74, 6) is 0.570. The van der Waals surface area contributed by atoms with Gasteiger partial charge in [-0.1, -0.05) is 23.4 Å². The molecule has 3 N–H and O–H groups in total. The summed E-state index contributed by atoms with van der Waals surface area (Å²) in [6, 6.07) is 10.6. The van der Waals surface area contributed by atoms with Crippen LogP contribution in [0.2, 0.25) is 0 Å². The van der Waals surface area contributed by atoms with Crippen LogP contribution in [0.15, 0.2) is 62.7 Å². The van der Waals surface area contributed by atoms with Gasteiger partial charge in [0, 0.05) is 22.4 Å². The monoisotopic (exact) mass is 424 g/mol. The first kappa shape index (κ1) is 19.7. The van der Waals surface area contributed by atoms with Crippen LogP contribution in [0.3, 0.4) is 0 Å². The number of sulfonamides is 1. The Labute approximate surface area is 173 Å². The lowest BCUT2D eigenvalue weighted by molar-refractivity contribution is 0.430. The normalized spacial score (nSPS) is 11.6. The highest BCUT2D eigenvalue weighted by atomic mass is 32.2. The van der Waals surface area contributed by atoms with E-state index in [2.05, 4.69) is 14.9 Å². The molecule has 0 fully saturated rings. The van der Waals surface area contributed by atoms with E-state index in [0.717, 1.165) is 5.56 Å². The van der Waals surface area contributed by atoms with Gasteiger partial charge in [0.05, 0.1) is 11.9 Å². The summed E-state index contributed by atoms with van der Waals surface area (Å²) in [4.78, 5) is 4.21. The maximum atomic E-state index is 13.3. The van der Waals surface area contributed by atoms with Gasteiger partial charge in [0.1, 0.15) is 11.2 Å². The molecule has 0 bridgehead atoms. The zero-order valence-electron chi connectivity index (χ0n) is 16.6. The van der Waals surface area contributed by atoms with Crippen LogP contribution in [0.4, 0.5) is 11.6 Å². The van der Waals surface area contributed by atoms with E-state index in [0.29, 0.717) is 39.5 Å². The molecule has 0 aliphatic carbocycles. The van der Waals surface area contributed by atoms with E-state index in [1.807, 2.05) is 24.3 Å². The van der Waals surface area contributed by atoms with E-state index in [1.165, 1.54) is 6.26 Å². The number of nitrogens with zero attached hydrogens (tertiary/aromatic N) is 2. The van der Waals surface area contributed by atoms with Gasteiger partial charge in [-0.3, -0.25) is 0 Å². The van der Waals surface area contributed by atoms with Crippen molar-refractivity contribution in [3.63, 3.8) is 0 Å². The first-order valence-corrected chi connectivity index (χ1v) is 10.6. The molecule has 0 saturated heterocycles. The van der Waals surface area contributed by atoms with Crippen LogP contribution in [-0.2, 0) is 10.0 Å². The van der Waals surface area contributed by atoms with Crippen LogP contribution < -0.4 is 10.5 Å². The predicted molar refractivity (Wildman–Crippen MR) is 113 cm³/mol. The molecule has 2 aromatic heterocycles. The molecule has 2 heterocycles. The number of hydrogen-bond donors (Lipinski definition) is 2. The second-order valence-electron chi connectivity index (χ2n) is 6.90. The average molecular weight is 424 g/mol. The molecule has 8 nitrogen and oxygen atoms in total. The SMILES string of the molecule is Cc1noc(NS(=O)(=O)c2c(-c3ccc(-c4ncco4)cc3)ccc(N)c2C)c1C. The van der Waals surface area contributed by atoms with Crippen molar-refractivity contribution in [2.24, 2.45) is 0 Å². The highest BCUT2D eigenvalue weighted by Crippen LogP contribution is 2.35. The molecule has 0 unspecified atom stereocenters. The number of anilines is 2. The molecule has 0 aliphatic rings. The van der Waals surface area contributed by atoms with Crippen molar-refractivity contribution in [3.05, 3.63) is 65.7 Å². The third-order valence-corrected chi connectivity index (χ3v) is 6.49. The van der Waals surface area contributed by atoms with Gasteiger partial charge in [-0.15, -0.1) is 0 Å². The van der Waals surface area contributed by atoms with Gasteiger partial charge in [0.15, 0.2) is 0 Å². The van der Waals surface area contributed by atoms with E-state index >= 15 is 0 Å². The van der Waals surface area contributed by atoms with Crippen molar-refractivity contribution in [2.75, 3.05) is 10.5 Å². The minimum absolute atomic E-state index is 0.0829. The van der Waals surface area contributed by atoms with Crippen molar-refractivity contribution < 1.29 is 17.4 Å². The van der Waals surface area contributed by atoms with Gasteiger partial charge in [-0.2, -0.15) is 0 Å². The van der Waals surface area contributed by atoms with Crippen LogP contribution in [0.1, 0.15) is 16.8 Å². The van der Waals surface area contributed by atoms with Crippen LogP contribution in [0.25, 0.3) is 22.6 Å². The van der Waals surface area contributed by atoms with Crippen molar-refractivity contribution in [1.29, 1.82) is 0 Å². The van der Waals surface area contributed by atoms with Crippen molar-refractivity contribution in [1.82, 2.24) is 10.1 Å². The first-order chi connectivity index (χ1) is 14.3. The summed E-state index contributed by atoms with van der Waals surface area (Å²) in [6.45, 7) is 5.15. The van der Waals surface area contributed by atoms with Gasteiger partial charge < -0.3 is 14.7 Å². The second-order valence-corrected chi connectivity index (χ2v) is 8.52. The zero-order chi connectivity index (χ0) is 21.5. The molecular formula is C21H20N4O4S. The molecular weight excluding hydrogens is 404 g/mol. The summed E-state index contributed by atoms with van der Waals surface area (Å²) in [7, 11) is -4.00. The largest absolute Gasteiger partial charge is 0.445 e. The molecule has 4 rings (SSSR count). The fourth-order valence-electron chi connectivity index (χ4n) is 3.12. The smallest absolute Gasteiger partial charge is 0.265 e. The van der Waals surface area contributed by atoms with Crippen molar-refractivity contribution in [2.45, 2.75) is 25.7 Å². The number of aromatic nitrogens is 2. The lowest BCUT2D eigenvalue weighted by Crippen LogP contribution is -2.16. The fourth-order valence-corrected chi connectivity index (χ4v) is 4.66. The van der Waals surface area contributed by atoms with Gasteiger partial charge in [0.2, 0.25) is 11.8 Å². The number of benzene rings is 2. The highest BCUT2D eigenvalue weighted by Gasteiger charge is 2.26. The van der Waals surface area contributed by atoms with Crippen molar-refractivity contribution in [3.8, 4) is 22.6 Å². The topological polar surface area (TPSA) is 124 Å². The van der Waals surface area contributed by atoms with Crippen LogP contribution in [-0.4, -0.2) is 18.6 Å². The quantitative estimate of drug-likeness (QED) is 0.458. The number of rotatable bonds is 5. The summed E-state index contributed by atoms with van der Waals surface area (Å²) in [6.07, 6.45) is 3.06. The van der Waals surface area contributed by atoms with Crippen LogP contribution >= 0.6 is 0 Å². The molecule has 154 valence electrons. The maximum Gasteiger partial charge on any atom is 0.265 e. The molecule has 0 saturated carbocycles. The Balaban J connectivity index is 1.80. The number of nitrogens with two attached hydrogens (primary N) is 1. The Kier molecular flexibility index (Phi) is 4.83. The lowest BCUT2D eigenvalue weighted by atomic mass is 10.0. The molecule has 0 aliphatic heterocycles. The molecule has 0 amide bonds. The number of oxazole rings is 1. The summed E-state index contributed by atoms with van der Waals surface area (Å²) in [5, 5.41) is 3.81. The van der Waals surface area contributed by atoms with Crippen molar-refractivity contribution >= 4 is 21.6 Å². The number of aryl methyl sites for hydroxylation is 1. The zero-order valence-corrected chi connectivity index (χ0v) is 17.4. The highest BCUT2D eigenvalue weighted by molar-refractivity contribution is 7.93. The van der Waals surface area contributed by atoms with E-state index in [1.54, 1.807) is 39.1 Å². The first-order valence-electron chi connectivity index (χ1n) is 9.13. The molecule has 0 radical (unpaired) electrons. The maximum absolute atomic E-state index is 13.3. The molecule has 30 heavy (non-hydrogen) atoms. The number of nitrogen functional groups attached to an aromatic ring is 1. The Morgan fingerprint density at radius 3 is 2.27 bits per heavy atom. The average Bonchev–Trinajstić information content (AvgIpc) is 3.36. The van der Waals surface area contributed by atoms with E-state index in [4.69, 9.17) is 14.7 Å².